The molecule has 0 aliphatic carbocycles. The van der Waals surface area contributed by atoms with Crippen LogP contribution in [0.4, 0.5) is 11.5 Å². The molecule has 0 fully saturated rings. The van der Waals surface area contributed by atoms with Gasteiger partial charge in [0.1, 0.15) is 17.8 Å². The minimum absolute atomic E-state index is 0.369. The van der Waals surface area contributed by atoms with E-state index in [1.165, 1.54) is 6.33 Å². The third kappa shape index (κ3) is 3.56. The van der Waals surface area contributed by atoms with E-state index >= 15 is 0 Å². The lowest BCUT2D eigenvalue weighted by atomic mass is 10.1. The second-order valence-corrected chi connectivity index (χ2v) is 6.13. The van der Waals surface area contributed by atoms with Crippen molar-refractivity contribution in [3.05, 3.63) is 48.8 Å². The summed E-state index contributed by atoms with van der Waals surface area (Å²) in [4.78, 5) is 8.40. The molecule has 0 bridgehead atoms. The summed E-state index contributed by atoms with van der Waals surface area (Å²) in [6.07, 6.45) is 2.51. The number of anilines is 2. The van der Waals surface area contributed by atoms with E-state index in [1.54, 1.807) is 0 Å². The zero-order valence-electron chi connectivity index (χ0n) is 14.0. The van der Waals surface area contributed by atoms with Gasteiger partial charge < -0.3 is 15.8 Å². The van der Waals surface area contributed by atoms with Crippen LogP contribution in [-0.4, -0.2) is 16.5 Å². The fourth-order valence-corrected chi connectivity index (χ4v) is 2.47. The Morgan fingerprint density at radius 3 is 2.71 bits per heavy atom. The first kappa shape index (κ1) is 16.1. The number of aromatic nitrogens is 2. The second kappa shape index (κ2) is 7.17. The maximum Gasteiger partial charge on any atom is 0.248 e. The van der Waals surface area contributed by atoms with Crippen LogP contribution in [0.3, 0.4) is 0 Å². The molecule has 0 aliphatic heterocycles. The molecule has 3 aromatic rings. The molecule has 1 aromatic heterocycles. The van der Waals surface area contributed by atoms with Crippen LogP contribution in [0.25, 0.3) is 10.8 Å². The summed E-state index contributed by atoms with van der Waals surface area (Å²) >= 11 is 0. The van der Waals surface area contributed by atoms with Crippen molar-refractivity contribution in [2.75, 3.05) is 17.6 Å². The monoisotopic (exact) mass is 322 g/mol. The maximum absolute atomic E-state index is 6.18. The summed E-state index contributed by atoms with van der Waals surface area (Å²) in [5.74, 6) is 2.33. The largest absolute Gasteiger partial charge is 0.436 e. The molecular formula is C19H22N4O. The number of ether oxygens (including phenoxy) is 1. The molecule has 5 heteroatoms. The Balaban J connectivity index is 1.84. The average molecular weight is 322 g/mol. The lowest BCUT2D eigenvalue weighted by molar-refractivity contribution is 0.470. The Kier molecular flexibility index (Phi) is 4.79. The normalized spacial score (nSPS) is 11.0. The van der Waals surface area contributed by atoms with Crippen LogP contribution in [0.5, 0.6) is 11.6 Å². The third-order valence-electron chi connectivity index (χ3n) is 3.82. The van der Waals surface area contributed by atoms with E-state index in [2.05, 4.69) is 29.1 Å². The van der Waals surface area contributed by atoms with Crippen LogP contribution >= 0.6 is 0 Å². The predicted molar refractivity (Wildman–Crippen MR) is 98.4 cm³/mol. The first-order chi connectivity index (χ1) is 11.6. The maximum atomic E-state index is 6.18. The number of hydrogen-bond acceptors (Lipinski definition) is 5. The standard InChI is InChI=1S/C19H22N4O/c1-13(2)10-11-21-18-17(20)19(23-12-22-18)24-16-9-5-7-14-6-3-4-8-15(14)16/h3-9,12-13H,10-11,20H2,1-2H3,(H,21,22,23). The van der Waals surface area contributed by atoms with Gasteiger partial charge in [0.15, 0.2) is 5.82 Å². The van der Waals surface area contributed by atoms with E-state index in [0.29, 0.717) is 23.3 Å². The Bertz CT molecular complexity index is 827. The molecule has 24 heavy (non-hydrogen) atoms. The molecule has 2 aromatic carbocycles. The Labute approximate surface area is 141 Å². The van der Waals surface area contributed by atoms with E-state index < -0.39 is 0 Å². The van der Waals surface area contributed by atoms with Gasteiger partial charge >= 0.3 is 0 Å². The molecule has 0 spiro atoms. The van der Waals surface area contributed by atoms with Gasteiger partial charge in [-0.15, -0.1) is 0 Å². The summed E-state index contributed by atoms with van der Waals surface area (Å²) in [7, 11) is 0. The summed E-state index contributed by atoms with van der Waals surface area (Å²) in [6, 6.07) is 14.0. The highest BCUT2D eigenvalue weighted by Crippen LogP contribution is 2.33. The topological polar surface area (TPSA) is 73.1 Å². The number of benzene rings is 2. The SMILES string of the molecule is CC(C)CCNc1ncnc(Oc2cccc3ccccc23)c1N. The van der Waals surface area contributed by atoms with E-state index in [4.69, 9.17) is 10.5 Å². The van der Waals surface area contributed by atoms with Crippen LogP contribution in [0, 0.1) is 5.92 Å². The van der Waals surface area contributed by atoms with Gasteiger partial charge in [0.2, 0.25) is 5.88 Å². The lowest BCUT2D eigenvalue weighted by Gasteiger charge is -2.13. The fourth-order valence-electron chi connectivity index (χ4n) is 2.47. The van der Waals surface area contributed by atoms with Crippen molar-refractivity contribution in [2.45, 2.75) is 20.3 Å². The van der Waals surface area contributed by atoms with E-state index in [1.807, 2.05) is 42.5 Å². The highest BCUT2D eigenvalue weighted by Gasteiger charge is 2.11. The fraction of sp³-hybridized carbons (Fsp3) is 0.263. The molecule has 5 nitrogen and oxygen atoms in total. The average Bonchev–Trinajstić information content (AvgIpc) is 2.58. The minimum Gasteiger partial charge on any atom is -0.436 e. The smallest absolute Gasteiger partial charge is 0.248 e. The van der Waals surface area contributed by atoms with Gasteiger partial charge in [0.05, 0.1) is 0 Å². The summed E-state index contributed by atoms with van der Waals surface area (Å²) in [5.41, 5.74) is 6.60. The molecule has 0 unspecified atom stereocenters. The Morgan fingerprint density at radius 1 is 1.08 bits per heavy atom. The molecule has 0 amide bonds. The van der Waals surface area contributed by atoms with E-state index in [9.17, 15) is 0 Å². The minimum atomic E-state index is 0.369. The quantitative estimate of drug-likeness (QED) is 0.701. The number of nitrogens with two attached hydrogens (primary N) is 1. The molecule has 3 N–H and O–H groups in total. The Hall–Kier alpha value is -2.82. The molecule has 0 saturated heterocycles. The van der Waals surface area contributed by atoms with Gasteiger partial charge in [-0.2, -0.15) is 4.98 Å². The van der Waals surface area contributed by atoms with Gasteiger partial charge in [-0.05, 0) is 23.8 Å². The van der Waals surface area contributed by atoms with E-state index in [0.717, 1.165) is 29.5 Å². The number of nitrogens with one attached hydrogen (secondary N) is 1. The zero-order chi connectivity index (χ0) is 16.9. The number of hydrogen-bond donors (Lipinski definition) is 2. The van der Waals surface area contributed by atoms with Crippen LogP contribution in [0.1, 0.15) is 20.3 Å². The van der Waals surface area contributed by atoms with Crippen LogP contribution in [0.15, 0.2) is 48.8 Å². The van der Waals surface area contributed by atoms with Crippen molar-refractivity contribution in [3.63, 3.8) is 0 Å². The third-order valence-corrected chi connectivity index (χ3v) is 3.82. The van der Waals surface area contributed by atoms with Gasteiger partial charge in [0, 0.05) is 11.9 Å². The highest BCUT2D eigenvalue weighted by molar-refractivity contribution is 5.88. The van der Waals surface area contributed by atoms with Crippen molar-refractivity contribution in [1.29, 1.82) is 0 Å². The number of rotatable bonds is 6. The summed E-state index contributed by atoms with van der Waals surface area (Å²) in [6.45, 7) is 5.17. The van der Waals surface area contributed by atoms with Crippen LogP contribution in [-0.2, 0) is 0 Å². The van der Waals surface area contributed by atoms with Gasteiger partial charge in [-0.1, -0.05) is 50.2 Å². The van der Waals surface area contributed by atoms with Gasteiger partial charge in [-0.25, -0.2) is 4.98 Å². The van der Waals surface area contributed by atoms with Crippen LogP contribution < -0.4 is 15.8 Å². The molecule has 0 saturated carbocycles. The van der Waals surface area contributed by atoms with E-state index in [-0.39, 0.29) is 0 Å². The van der Waals surface area contributed by atoms with Crippen LogP contribution in [0.2, 0.25) is 0 Å². The summed E-state index contributed by atoms with van der Waals surface area (Å²) in [5, 5.41) is 5.38. The Morgan fingerprint density at radius 2 is 1.88 bits per heavy atom. The second-order valence-electron chi connectivity index (χ2n) is 6.13. The number of fused-ring (bicyclic) bond motifs is 1. The molecule has 1 heterocycles. The summed E-state index contributed by atoms with van der Waals surface area (Å²) < 4.78 is 5.97. The lowest BCUT2D eigenvalue weighted by Crippen LogP contribution is -2.09. The predicted octanol–water partition coefficient (Wildman–Crippen LogP) is 4.46. The number of nitrogen functional groups attached to an aromatic ring is 1. The molecule has 0 aliphatic rings. The first-order valence-electron chi connectivity index (χ1n) is 8.15. The highest BCUT2D eigenvalue weighted by atomic mass is 16.5. The molecule has 0 radical (unpaired) electrons. The van der Waals surface area contributed by atoms with Crippen molar-refractivity contribution >= 4 is 22.3 Å². The van der Waals surface area contributed by atoms with Crippen molar-refractivity contribution in [3.8, 4) is 11.6 Å². The van der Waals surface area contributed by atoms with Gasteiger partial charge in [0.25, 0.3) is 0 Å². The van der Waals surface area contributed by atoms with Crippen molar-refractivity contribution < 1.29 is 4.74 Å². The number of nitrogens with zero attached hydrogens (tertiary/aromatic N) is 2. The molecule has 3 rings (SSSR count). The molecular weight excluding hydrogens is 300 g/mol. The zero-order valence-corrected chi connectivity index (χ0v) is 14.0. The molecule has 0 atom stereocenters. The first-order valence-corrected chi connectivity index (χ1v) is 8.15. The van der Waals surface area contributed by atoms with Crippen molar-refractivity contribution in [1.82, 2.24) is 9.97 Å². The van der Waals surface area contributed by atoms with Gasteiger partial charge in [-0.3, -0.25) is 0 Å². The van der Waals surface area contributed by atoms with Crippen molar-refractivity contribution in [2.24, 2.45) is 5.92 Å². The molecule has 124 valence electrons.